The molecular formula is C20H20N4O5. The lowest BCUT2D eigenvalue weighted by Crippen LogP contribution is -2.16. The molecule has 0 saturated heterocycles. The number of rotatable bonds is 8. The largest absolute Gasteiger partial charge is 0.492 e. The number of hydrogen-bond donors (Lipinski definition) is 2. The van der Waals surface area contributed by atoms with Crippen LogP contribution < -0.4 is 20.1 Å². The average molecular weight is 396 g/mol. The lowest BCUT2D eigenvalue weighted by atomic mass is 10.2. The zero-order valence-electron chi connectivity index (χ0n) is 16.0. The van der Waals surface area contributed by atoms with Crippen molar-refractivity contribution in [3.8, 4) is 11.5 Å². The predicted octanol–water partition coefficient (Wildman–Crippen LogP) is 3.37. The van der Waals surface area contributed by atoms with Crippen LogP contribution in [-0.4, -0.2) is 35.0 Å². The second-order valence-electron chi connectivity index (χ2n) is 5.69. The van der Waals surface area contributed by atoms with Gasteiger partial charge in [0.25, 0.3) is 11.8 Å². The second-order valence-corrected chi connectivity index (χ2v) is 5.69. The van der Waals surface area contributed by atoms with Crippen LogP contribution in [0, 0.1) is 0 Å². The summed E-state index contributed by atoms with van der Waals surface area (Å²) in [6.07, 6.45) is 5.68. The van der Waals surface area contributed by atoms with Crippen molar-refractivity contribution in [2.75, 3.05) is 23.8 Å². The highest BCUT2D eigenvalue weighted by atomic mass is 16.5. The topological polar surface area (TPSA) is 116 Å². The number of aromatic nitrogens is 2. The molecule has 0 aliphatic carbocycles. The molecule has 0 fully saturated rings. The van der Waals surface area contributed by atoms with E-state index in [1.807, 2.05) is 13.8 Å². The molecule has 9 nitrogen and oxygen atoms in total. The van der Waals surface area contributed by atoms with Gasteiger partial charge in [-0.25, -0.2) is 4.98 Å². The highest BCUT2D eigenvalue weighted by Gasteiger charge is 2.18. The van der Waals surface area contributed by atoms with Crippen LogP contribution in [0.1, 0.15) is 34.9 Å². The molecule has 150 valence electrons. The van der Waals surface area contributed by atoms with E-state index >= 15 is 0 Å². The van der Waals surface area contributed by atoms with Gasteiger partial charge >= 0.3 is 0 Å². The quantitative estimate of drug-likeness (QED) is 0.600. The number of carbonyl (C=O) groups is 2. The minimum absolute atomic E-state index is 0.156. The minimum Gasteiger partial charge on any atom is -0.492 e. The van der Waals surface area contributed by atoms with E-state index in [4.69, 9.17) is 13.9 Å². The van der Waals surface area contributed by atoms with E-state index < -0.39 is 11.8 Å². The zero-order chi connectivity index (χ0) is 20.6. The van der Waals surface area contributed by atoms with Crippen molar-refractivity contribution in [3.63, 3.8) is 0 Å². The fourth-order valence-electron chi connectivity index (χ4n) is 2.50. The molecular weight excluding hydrogens is 376 g/mol. The molecule has 29 heavy (non-hydrogen) atoms. The van der Waals surface area contributed by atoms with Crippen LogP contribution in [0.15, 0.2) is 53.5 Å². The summed E-state index contributed by atoms with van der Waals surface area (Å²) in [7, 11) is 0. The number of ether oxygens (including phenoxy) is 2. The molecule has 0 bridgehead atoms. The molecule has 0 spiro atoms. The normalized spacial score (nSPS) is 10.3. The number of benzene rings is 1. The van der Waals surface area contributed by atoms with Crippen LogP contribution in [-0.2, 0) is 0 Å². The van der Waals surface area contributed by atoms with Gasteiger partial charge in [0.1, 0.15) is 17.2 Å². The van der Waals surface area contributed by atoms with Crippen LogP contribution >= 0.6 is 0 Å². The molecule has 2 amide bonds. The van der Waals surface area contributed by atoms with E-state index in [9.17, 15) is 9.59 Å². The third kappa shape index (κ3) is 4.89. The summed E-state index contributed by atoms with van der Waals surface area (Å²) in [5, 5.41) is 5.48. The summed E-state index contributed by atoms with van der Waals surface area (Å²) in [6, 6.07) is 6.34. The van der Waals surface area contributed by atoms with Crippen molar-refractivity contribution in [1.29, 1.82) is 0 Å². The number of carbonyl (C=O) groups excluding carboxylic acids is 2. The first kappa shape index (κ1) is 19.9. The minimum atomic E-state index is -0.450. The van der Waals surface area contributed by atoms with Gasteiger partial charge in [0.15, 0.2) is 5.76 Å². The number of nitrogens with zero attached hydrogens (tertiary/aromatic N) is 2. The molecule has 0 saturated carbocycles. The molecule has 2 N–H and O–H groups in total. The molecule has 3 rings (SSSR count). The van der Waals surface area contributed by atoms with Crippen LogP contribution in [0.25, 0.3) is 0 Å². The van der Waals surface area contributed by atoms with Crippen LogP contribution in [0.2, 0.25) is 0 Å². The molecule has 3 aromatic rings. The predicted molar refractivity (Wildman–Crippen MR) is 105 cm³/mol. The van der Waals surface area contributed by atoms with Crippen molar-refractivity contribution < 1.29 is 23.5 Å². The lowest BCUT2D eigenvalue weighted by Gasteiger charge is -2.17. The maximum atomic E-state index is 12.5. The molecule has 9 heteroatoms. The fourth-order valence-corrected chi connectivity index (χ4v) is 2.50. The number of anilines is 2. The summed E-state index contributed by atoms with van der Waals surface area (Å²) in [5.41, 5.74) is 0.916. The molecule has 0 atom stereocenters. The number of hydrogen-bond acceptors (Lipinski definition) is 7. The number of amides is 2. The summed E-state index contributed by atoms with van der Waals surface area (Å²) in [6.45, 7) is 4.33. The smallest absolute Gasteiger partial charge is 0.291 e. The van der Waals surface area contributed by atoms with E-state index in [1.165, 1.54) is 24.9 Å². The Labute approximate surface area is 167 Å². The molecule has 0 aliphatic heterocycles. The fraction of sp³-hybridized carbons (Fsp3) is 0.200. The van der Waals surface area contributed by atoms with Crippen molar-refractivity contribution in [2.24, 2.45) is 0 Å². The van der Waals surface area contributed by atoms with E-state index in [0.717, 1.165) is 0 Å². The molecule has 0 radical (unpaired) electrons. The Morgan fingerprint density at radius 1 is 1.00 bits per heavy atom. The summed E-state index contributed by atoms with van der Waals surface area (Å²) < 4.78 is 16.4. The van der Waals surface area contributed by atoms with Crippen molar-refractivity contribution >= 4 is 23.2 Å². The first-order chi connectivity index (χ1) is 14.1. The Kier molecular flexibility index (Phi) is 6.41. The SMILES string of the molecule is CCOc1cc(NC(=O)c2ccco2)c(OCC)cc1NC(=O)c1cnccn1. The molecule has 0 unspecified atom stereocenters. The van der Waals surface area contributed by atoms with E-state index in [2.05, 4.69) is 20.6 Å². The first-order valence-corrected chi connectivity index (χ1v) is 8.98. The van der Waals surface area contributed by atoms with Crippen molar-refractivity contribution in [1.82, 2.24) is 9.97 Å². The Bertz CT molecular complexity index is 974. The van der Waals surface area contributed by atoms with Crippen LogP contribution in [0.4, 0.5) is 11.4 Å². The Hall–Kier alpha value is -3.88. The van der Waals surface area contributed by atoms with Gasteiger partial charge in [-0.2, -0.15) is 0 Å². The standard InChI is InChI=1S/C20H20N4O5/c1-3-27-17-11-14(24-20(26)16-6-5-9-29-16)18(28-4-2)10-13(17)23-19(25)15-12-21-7-8-22-15/h5-12H,3-4H2,1-2H3,(H,23,25)(H,24,26). The van der Waals surface area contributed by atoms with Gasteiger partial charge in [-0.15, -0.1) is 0 Å². The summed E-state index contributed by atoms with van der Waals surface area (Å²) in [5.74, 6) is 0.00213. The summed E-state index contributed by atoms with van der Waals surface area (Å²) in [4.78, 5) is 32.7. The van der Waals surface area contributed by atoms with Gasteiger partial charge in [0.05, 0.1) is 37.0 Å². The zero-order valence-corrected chi connectivity index (χ0v) is 16.0. The molecule has 1 aromatic carbocycles. The Balaban J connectivity index is 1.92. The van der Waals surface area contributed by atoms with E-state index in [1.54, 1.807) is 24.3 Å². The second kappa shape index (κ2) is 9.36. The highest BCUT2D eigenvalue weighted by Crippen LogP contribution is 2.37. The monoisotopic (exact) mass is 396 g/mol. The van der Waals surface area contributed by atoms with Gasteiger partial charge in [-0.1, -0.05) is 0 Å². The molecule has 0 aliphatic rings. The average Bonchev–Trinajstić information content (AvgIpc) is 3.27. The summed E-state index contributed by atoms with van der Waals surface area (Å²) >= 11 is 0. The van der Waals surface area contributed by atoms with Crippen molar-refractivity contribution in [2.45, 2.75) is 13.8 Å². The molecule has 2 heterocycles. The third-order valence-electron chi connectivity index (χ3n) is 3.72. The van der Waals surface area contributed by atoms with E-state index in [0.29, 0.717) is 36.1 Å². The lowest BCUT2D eigenvalue weighted by molar-refractivity contribution is 0.0993. The Morgan fingerprint density at radius 2 is 1.66 bits per heavy atom. The Morgan fingerprint density at radius 3 is 2.17 bits per heavy atom. The number of furan rings is 1. The van der Waals surface area contributed by atoms with Gasteiger partial charge in [0, 0.05) is 24.5 Å². The third-order valence-corrected chi connectivity index (χ3v) is 3.72. The first-order valence-electron chi connectivity index (χ1n) is 8.98. The van der Waals surface area contributed by atoms with Crippen LogP contribution in [0.3, 0.4) is 0 Å². The maximum Gasteiger partial charge on any atom is 0.291 e. The van der Waals surface area contributed by atoms with E-state index in [-0.39, 0.29) is 11.5 Å². The van der Waals surface area contributed by atoms with Crippen LogP contribution in [0.5, 0.6) is 11.5 Å². The van der Waals surface area contributed by atoms with Crippen molar-refractivity contribution in [3.05, 3.63) is 60.6 Å². The maximum absolute atomic E-state index is 12.5. The van der Waals surface area contributed by atoms with Gasteiger partial charge in [-0.05, 0) is 26.0 Å². The molecule has 2 aromatic heterocycles. The number of nitrogens with one attached hydrogen (secondary N) is 2. The van der Waals surface area contributed by atoms with Gasteiger partial charge < -0.3 is 24.5 Å². The highest BCUT2D eigenvalue weighted by molar-refractivity contribution is 6.05. The van der Waals surface area contributed by atoms with Gasteiger partial charge in [0.2, 0.25) is 0 Å². The van der Waals surface area contributed by atoms with Gasteiger partial charge in [-0.3, -0.25) is 14.6 Å².